The summed E-state index contributed by atoms with van der Waals surface area (Å²) < 4.78 is 5.82. The van der Waals surface area contributed by atoms with Gasteiger partial charge in [0, 0.05) is 6.04 Å². The summed E-state index contributed by atoms with van der Waals surface area (Å²) in [6.45, 7) is 11.7. The third-order valence-electron chi connectivity index (χ3n) is 2.84. The van der Waals surface area contributed by atoms with Gasteiger partial charge in [0.25, 0.3) is 0 Å². The second kappa shape index (κ2) is 6.53. The zero-order valence-corrected chi connectivity index (χ0v) is 11.7. The molecule has 1 unspecified atom stereocenters. The lowest BCUT2D eigenvalue weighted by Crippen LogP contribution is -2.22. The van der Waals surface area contributed by atoms with Gasteiger partial charge in [0.15, 0.2) is 0 Å². The Morgan fingerprint density at radius 2 is 1.71 bits per heavy atom. The summed E-state index contributed by atoms with van der Waals surface area (Å²) >= 11 is 0. The van der Waals surface area contributed by atoms with Crippen molar-refractivity contribution >= 4 is 5.69 Å². The molecule has 0 bridgehead atoms. The topological polar surface area (TPSA) is 21.3 Å². The molecule has 0 fully saturated rings. The smallest absolute Gasteiger partial charge is 0.142 e. The van der Waals surface area contributed by atoms with Crippen molar-refractivity contribution in [3.05, 3.63) is 24.3 Å². The van der Waals surface area contributed by atoms with Gasteiger partial charge < -0.3 is 10.1 Å². The molecule has 96 valence electrons. The van der Waals surface area contributed by atoms with Crippen molar-refractivity contribution in [1.29, 1.82) is 0 Å². The van der Waals surface area contributed by atoms with E-state index in [0.29, 0.717) is 17.9 Å². The predicted molar refractivity (Wildman–Crippen MR) is 74.7 cm³/mol. The molecule has 1 N–H and O–H groups in total. The first-order valence-electron chi connectivity index (χ1n) is 6.49. The molecule has 0 aliphatic carbocycles. The van der Waals surface area contributed by atoms with E-state index >= 15 is 0 Å². The lowest BCUT2D eigenvalue weighted by atomic mass is 10.1. The molecule has 2 heteroatoms. The summed E-state index contributed by atoms with van der Waals surface area (Å²) in [5, 5.41) is 3.51. The van der Waals surface area contributed by atoms with E-state index in [4.69, 9.17) is 4.74 Å². The van der Waals surface area contributed by atoms with Crippen LogP contribution in [0.15, 0.2) is 24.3 Å². The maximum atomic E-state index is 5.82. The van der Waals surface area contributed by atoms with E-state index in [-0.39, 0.29) is 0 Å². The standard InChI is InChI=1S/C15H25NO/c1-11(2)10-17-15-9-7-6-8-14(15)16-13(5)12(3)4/h6-9,11-13,16H,10H2,1-5H3. The monoisotopic (exact) mass is 235 g/mol. The van der Waals surface area contributed by atoms with Crippen LogP contribution in [-0.4, -0.2) is 12.6 Å². The summed E-state index contributed by atoms with van der Waals surface area (Å²) in [7, 11) is 0. The van der Waals surface area contributed by atoms with Crippen LogP contribution in [0.3, 0.4) is 0 Å². The Bertz CT molecular complexity index is 333. The minimum Gasteiger partial charge on any atom is -0.491 e. The van der Waals surface area contributed by atoms with Gasteiger partial charge in [0.05, 0.1) is 12.3 Å². The molecule has 0 saturated heterocycles. The summed E-state index contributed by atoms with van der Waals surface area (Å²) in [6, 6.07) is 8.60. The average molecular weight is 235 g/mol. The van der Waals surface area contributed by atoms with Crippen LogP contribution in [0.4, 0.5) is 5.69 Å². The van der Waals surface area contributed by atoms with Crippen molar-refractivity contribution in [3.63, 3.8) is 0 Å². The summed E-state index contributed by atoms with van der Waals surface area (Å²) in [6.07, 6.45) is 0. The van der Waals surface area contributed by atoms with Gasteiger partial charge in [-0.2, -0.15) is 0 Å². The number of anilines is 1. The molecule has 1 aromatic carbocycles. The number of ether oxygens (including phenoxy) is 1. The van der Waals surface area contributed by atoms with Crippen LogP contribution in [0, 0.1) is 11.8 Å². The summed E-state index contributed by atoms with van der Waals surface area (Å²) in [4.78, 5) is 0. The first-order valence-corrected chi connectivity index (χ1v) is 6.49. The Morgan fingerprint density at radius 1 is 1.06 bits per heavy atom. The number of nitrogens with one attached hydrogen (secondary N) is 1. The SMILES string of the molecule is CC(C)COc1ccccc1NC(C)C(C)C. The number of benzene rings is 1. The van der Waals surface area contributed by atoms with Crippen LogP contribution in [0.5, 0.6) is 5.75 Å². The third-order valence-corrected chi connectivity index (χ3v) is 2.84. The van der Waals surface area contributed by atoms with Crippen molar-refractivity contribution in [1.82, 2.24) is 0 Å². The molecule has 0 spiro atoms. The highest BCUT2D eigenvalue weighted by atomic mass is 16.5. The van der Waals surface area contributed by atoms with Crippen molar-refractivity contribution in [2.24, 2.45) is 11.8 Å². The van der Waals surface area contributed by atoms with Crippen LogP contribution in [0.1, 0.15) is 34.6 Å². The second-order valence-corrected chi connectivity index (χ2v) is 5.38. The number of para-hydroxylation sites is 2. The molecule has 1 atom stereocenters. The highest BCUT2D eigenvalue weighted by molar-refractivity contribution is 5.56. The zero-order valence-electron chi connectivity index (χ0n) is 11.7. The van der Waals surface area contributed by atoms with E-state index < -0.39 is 0 Å². The molecule has 0 aromatic heterocycles. The second-order valence-electron chi connectivity index (χ2n) is 5.38. The van der Waals surface area contributed by atoms with E-state index in [1.807, 2.05) is 18.2 Å². The first kappa shape index (κ1) is 13.9. The lowest BCUT2D eigenvalue weighted by Gasteiger charge is -2.21. The highest BCUT2D eigenvalue weighted by Gasteiger charge is 2.10. The molecule has 2 nitrogen and oxygen atoms in total. The number of hydrogen-bond acceptors (Lipinski definition) is 2. The molecule has 17 heavy (non-hydrogen) atoms. The zero-order chi connectivity index (χ0) is 12.8. The molecule has 0 amide bonds. The van der Waals surface area contributed by atoms with Crippen molar-refractivity contribution in [2.45, 2.75) is 40.7 Å². The minimum atomic E-state index is 0.443. The normalized spacial score (nSPS) is 12.9. The van der Waals surface area contributed by atoms with Crippen LogP contribution in [0.25, 0.3) is 0 Å². The molecule has 0 heterocycles. The van der Waals surface area contributed by atoms with Gasteiger partial charge in [-0.3, -0.25) is 0 Å². The van der Waals surface area contributed by atoms with Crippen molar-refractivity contribution < 1.29 is 4.74 Å². The summed E-state index contributed by atoms with van der Waals surface area (Å²) in [5.74, 6) is 2.10. The van der Waals surface area contributed by atoms with E-state index in [1.165, 1.54) is 0 Å². The van der Waals surface area contributed by atoms with Gasteiger partial charge in [-0.05, 0) is 30.9 Å². The summed E-state index contributed by atoms with van der Waals surface area (Å²) in [5.41, 5.74) is 1.09. The Labute approximate surface area is 105 Å². The Morgan fingerprint density at radius 3 is 2.29 bits per heavy atom. The third kappa shape index (κ3) is 4.68. The fraction of sp³-hybridized carbons (Fsp3) is 0.600. The number of hydrogen-bond donors (Lipinski definition) is 1. The largest absolute Gasteiger partial charge is 0.491 e. The quantitative estimate of drug-likeness (QED) is 0.798. The van der Waals surface area contributed by atoms with Gasteiger partial charge >= 0.3 is 0 Å². The van der Waals surface area contributed by atoms with E-state index in [0.717, 1.165) is 18.0 Å². The van der Waals surface area contributed by atoms with Gasteiger partial charge in [-0.15, -0.1) is 0 Å². The van der Waals surface area contributed by atoms with Gasteiger partial charge in [-0.25, -0.2) is 0 Å². The molecule has 0 saturated carbocycles. The van der Waals surface area contributed by atoms with E-state index in [1.54, 1.807) is 0 Å². The Hall–Kier alpha value is -1.18. The van der Waals surface area contributed by atoms with Crippen molar-refractivity contribution in [2.75, 3.05) is 11.9 Å². The Balaban J connectivity index is 2.70. The maximum absolute atomic E-state index is 5.82. The lowest BCUT2D eigenvalue weighted by molar-refractivity contribution is 0.272. The molecule has 0 aliphatic heterocycles. The van der Waals surface area contributed by atoms with E-state index in [9.17, 15) is 0 Å². The Kier molecular flexibility index (Phi) is 5.33. The van der Waals surface area contributed by atoms with Gasteiger partial charge in [0.2, 0.25) is 0 Å². The molecular formula is C15H25NO. The fourth-order valence-electron chi connectivity index (χ4n) is 1.38. The molecule has 1 aromatic rings. The average Bonchev–Trinajstić information content (AvgIpc) is 2.27. The maximum Gasteiger partial charge on any atom is 0.142 e. The minimum absolute atomic E-state index is 0.443. The number of rotatable bonds is 6. The van der Waals surface area contributed by atoms with E-state index in [2.05, 4.69) is 46.0 Å². The van der Waals surface area contributed by atoms with Gasteiger partial charge in [0.1, 0.15) is 5.75 Å². The van der Waals surface area contributed by atoms with Crippen LogP contribution in [-0.2, 0) is 0 Å². The van der Waals surface area contributed by atoms with Crippen LogP contribution in [0.2, 0.25) is 0 Å². The molecule has 0 radical (unpaired) electrons. The van der Waals surface area contributed by atoms with Crippen LogP contribution < -0.4 is 10.1 Å². The van der Waals surface area contributed by atoms with Crippen LogP contribution >= 0.6 is 0 Å². The first-order chi connectivity index (χ1) is 8.00. The highest BCUT2D eigenvalue weighted by Crippen LogP contribution is 2.25. The molecular weight excluding hydrogens is 210 g/mol. The molecule has 1 rings (SSSR count). The predicted octanol–water partition coefficient (Wildman–Crippen LogP) is 4.18. The van der Waals surface area contributed by atoms with Crippen molar-refractivity contribution in [3.8, 4) is 5.75 Å². The fourth-order valence-corrected chi connectivity index (χ4v) is 1.38. The van der Waals surface area contributed by atoms with Gasteiger partial charge in [-0.1, -0.05) is 39.8 Å². The molecule has 0 aliphatic rings.